The molecule has 0 aromatic carbocycles. The molecule has 0 heterocycles. The van der Waals surface area contributed by atoms with Gasteiger partial charge in [0.05, 0.1) is 0 Å². The van der Waals surface area contributed by atoms with Crippen LogP contribution in [0.4, 0.5) is 0 Å². The van der Waals surface area contributed by atoms with E-state index < -0.39 is 0 Å². The molecule has 2 aliphatic rings. The monoisotopic (exact) mass is 246 g/mol. The number of rotatable bonds is 4. The van der Waals surface area contributed by atoms with Crippen LogP contribution in [0.15, 0.2) is 23.3 Å². The minimum Gasteiger partial charge on any atom is -0.0995 e. The molecule has 2 saturated carbocycles. The van der Waals surface area contributed by atoms with Crippen molar-refractivity contribution in [3.8, 4) is 0 Å². The van der Waals surface area contributed by atoms with Gasteiger partial charge in [-0.15, -0.1) is 0 Å². The molecule has 0 radical (unpaired) electrons. The van der Waals surface area contributed by atoms with E-state index in [4.69, 9.17) is 0 Å². The zero-order chi connectivity index (χ0) is 13.5. The van der Waals surface area contributed by atoms with Crippen LogP contribution in [0.25, 0.3) is 0 Å². The summed E-state index contributed by atoms with van der Waals surface area (Å²) < 4.78 is 0. The largest absolute Gasteiger partial charge is 0.0995 e. The highest BCUT2D eigenvalue weighted by Gasteiger charge is 2.52. The van der Waals surface area contributed by atoms with Crippen molar-refractivity contribution in [3.05, 3.63) is 23.3 Å². The highest BCUT2D eigenvalue weighted by Crippen LogP contribution is 2.61. The lowest BCUT2D eigenvalue weighted by molar-refractivity contribution is 0.284. The zero-order valence-electron chi connectivity index (χ0n) is 13.0. The highest BCUT2D eigenvalue weighted by atomic mass is 14.6. The maximum absolute atomic E-state index is 4.21. The molecule has 0 amide bonds. The molecular weight excluding hydrogens is 216 g/mol. The Morgan fingerprint density at radius 2 is 2.00 bits per heavy atom. The summed E-state index contributed by atoms with van der Waals surface area (Å²) in [5.41, 5.74) is 5.38. The molecule has 0 aromatic rings. The SMILES string of the molecule is C=C1CC(=C(C)C)C(CCC2(C(C)C)CC2C)C1. The predicted octanol–water partition coefficient (Wildman–Crippen LogP) is 5.75. The first-order valence-electron chi connectivity index (χ1n) is 7.69. The van der Waals surface area contributed by atoms with Crippen molar-refractivity contribution >= 4 is 0 Å². The van der Waals surface area contributed by atoms with Crippen molar-refractivity contribution in [1.82, 2.24) is 0 Å². The Balaban J connectivity index is 1.99. The molecule has 3 atom stereocenters. The predicted molar refractivity (Wildman–Crippen MR) is 80.5 cm³/mol. The first-order chi connectivity index (χ1) is 8.36. The third-order valence-electron chi connectivity index (χ3n) is 5.73. The Hall–Kier alpha value is -0.520. The van der Waals surface area contributed by atoms with E-state index in [0.717, 1.165) is 17.8 Å². The van der Waals surface area contributed by atoms with Gasteiger partial charge in [-0.1, -0.05) is 44.1 Å². The smallest absolute Gasteiger partial charge is 0.0106 e. The molecule has 18 heavy (non-hydrogen) atoms. The maximum Gasteiger partial charge on any atom is -0.0106 e. The van der Waals surface area contributed by atoms with Gasteiger partial charge in [0, 0.05) is 0 Å². The second kappa shape index (κ2) is 4.87. The summed E-state index contributed by atoms with van der Waals surface area (Å²) in [6.07, 6.45) is 6.71. The third kappa shape index (κ3) is 2.44. The molecule has 0 bridgehead atoms. The molecule has 0 aliphatic heterocycles. The summed E-state index contributed by atoms with van der Waals surface area (Å²) in [5.74, 6) is 2.62. The lowest BCUT2D eigenvalue weighted by Crippen LogP contribution is -2.14. The van der Waals surface area contributed by atoms with Gasteiger partial charge in [0.1, 0.15) is 0 Å². The summed E-state index contributed by atoms with van der Waals surface area (Å²) in [6, 6.07) is 0. The van der Waals surface area contributed by atoms with Crippen LogP contribution >= 0.6 is 0 Å². The number of allylic oxidation sites excluding steroid dienone is 3. The first kappa shape index (κ1) is 13.9. The van der Waals surface area contributed by atoms with Gasteiger partial charge in [0.15, 0.2) is 0 Å². The van der Waals surface area contributed by atoms with Crippen LogP contribution in [-0.4, -0.2) is 0 Å². The van der Waals surface area contributed by atoms with Crippen LogP contribution < -0.4 is 0 Å². The summed E-state index contributed by atoms with van der Waals surface area (Å²) in [6.45, 7) is 16.0. The fraction of sp³-hybridized carbons (Fsp3) is 0.778. The van der Waals surface area contributed by atoms with Crippen LogP contribution in [0.2, 0.25) is 0 Å². The van der Waals surface area contributed by atoms with Crippen molar-refractivity contribution in [2.75, 3.05) is 0 Å². The van der Waals surface area contributed by atoms with Crippen LogP contribution in [0, 0.1) is 23.2 Å². The molecule has 0 aromatic heterocycles. The minimum atomic E-state index is 0.677. The van der Waals surface area contributed by atoms with Gasteiger partial charge in [-0.3, -0.25) is 0 Å². The van der Waals surface area contributed by atoms with E-state index in [0.29, 0.717) is 5.41 Å². The Kier molecular flexibility index (Phi) is 3.76. The van der Waals surface area contributed by atoms with Gasteiger partial charge >= 0.3 is 0 Å². The quantitative estimate of drug-likeness (QED) is 0.554. The lowest BCUT2D eigenvalue weighted by atomic mass is 9.81. The number of hydrogen-bond donors (Lipinski definition) is 0. The molecule has 2 fully saturated rings. The van der Waals surface area contributed by atoms with E-state index in [2.05, 4.69) is 41.2 Å². The molecule has 0 heteroatoms. The molecule has 3 unspecified atom stereocenters. The van der Waals surface area contributed by atoms with Crippen molar-refractivity contribution in [2.45, 2.75) is 66.7 Å². The van der Waals surface area contributed by atoms with Crippen LogP contribution in [-0.2, 0) is 0 Å². The minimum absolute atomic E-state index is 0.677. The molecule has 0 spiro atoms. The molecule has 0 N–H and O–H groups in total. The summed E-state index contributed by atoms with van der Waals surface area (Å²) >= 11 is 0. The molecule has 2 rings (SSSR count). The van der Waals surface area contributed by atoms with E-state index >= 15 is 0 Å². The Labute approximate surface area is 114 Å². The van der Waals surface area contributed by atoms with Gasteiger partial charge in [0.2, 0.25) is 0 Å². The van der Waals surface area contributed by atoms with E-state index in [1.165, 1.54) is 37.7 Å². The van der Waals surface area contributed by atoms with Gasteiger partial charge < -0.3 is 0 Å². The van der Waals surface area contributed by atoms with E-state index in [9.17, 15) is 0 Å². The standard InChI is InChI=1S/C18H30/c1-12(2)17-10-14(5)9-16(17)7-8-18(13(3)4)11-15(18)6/h13,15-16H,5,7-11H2,1-4,6H3. The van der Waals surface area contributed by atoms with Crippen LogP contribution in [0.5, 0.6) is 0 Å². The first-order valence-corrected chi connectivity index (χ1v) is 7.69. The second-order valence-corrected chi connectivity index (χ2v) is 7.38. The van der Waals surface area contributed by atoms with Crippen molar-refractivity contribution in [1.29, 1.82) is 0 Å². The second-order valence-electron chi connectivity index (χ2n) is 7.38. The fourth-order valence-electron chi connectivity index (χ4n) is 4.21. The molecule has 2 aliphatic carbocycles. The van der Waals surface area contributed by atoms with Crippen molar-refractivity contribution < 1.29 is 0 Å². The normalized spacial score (nSPS) is 35.4. The summed E-state index contributed by atoms with van der Waals surface area (Å²) in [7, 11) is 0. The van der Waals surface area contributed by atoms with Gasteiger partial charge in [-0.05, 0) is 69.1 Å². The Bertz CT molecular complexity index is 367. The molecular formula is C18H30. The highest BCUT2D eigenvalue weighted by molar-refractivity contribution is 5.28. The fourth-order valence-corrected chi connectivity index (χ4v) is 4.21. The van der Waals surface area contributed by atoms with Crippen molar-refractivity contribution in [3.63, 3.8) is 0 Å². The third-order valence-corrected chi connectivity index (χ3v) is 5.73. The van der Waals surface area contributed by atoms with Crippen LogP contribution in [0.3, 0.4) is 0 Å². The van der Waals surface area contributed by atoms with Crippen molar-refractivity contribution in [2.24, 2.45) is 23.2 Å². The molecule has 0 nitrogen and oxygen atoms in total. The number of hydrogen-bond acceptors (Lipinski definition) is 0. The Morgan fingerprint density at radius 1 is 1.39 bits per heavy atom. The topological polar surface area (TPSA) is 0 Å². The van der Waals surface area contributed by atoms with E-state index in [1.807, 2.05) is 0 Å². The van der Waals surface area contributed by atoms with E-state index in [1.54, 1.807) is 11.1 Å². The zero-order valence-corrected chi connectivity index (χ0v) is 13.0. The summed E-state index contributed by atoms with van der Waals surface area (Å²) in [4.78, 5) is 0. The maximum atomic E-state index is 4.21. The van der Waals surface area contributed by atoms with Gasteiger partial charge in [-0.25, -0.2) is 0 Å². The van der Waals surface area contributed by atoms with E-state index in [-0.39, 0.29) is 0 Å². The molecule has 102 valence electrons. The average molecular weight is 246 g/mol. The van der Waals surface area contributed by atoms with Crippen LogP contribution in [0.1, 0.15) is 66.7 Å². The lowest BCUT2D eigenvalue weighted by Gasteiger charge is -2.24. The Morgan fingerprint density at radius 3 is 2.44 bits per heavy atom. The molecule has 0 saturated heterocycles. The van der Waals surface area contributed by atoms with Gasteiger partial charge in [-0.2, -0.15) is 0 Å². The summed E-state index contributed by atoms with van der Waals surface area (Å²) in [5, 5.41) is 0. The van der Waals surface area contributed by atoms with Gasteiger partial charge in [0.25, 0.3) is 0 Å². The average Bonchev–Trinajstić information content (AvgIpc) is 2.77.